The monoisotopic (exact) mass is 252 g/mol. The molecule has 5 heteroatoms. The Labute approximate surface area is 107 Å². The van der Waals surface area contributed by atoms with E-state index < -0.39 is 5.63 Å². The van der Waals surface area contributed by atoms with E-state index in [1.165, 1.54) is 18.4 Å². The van der Waals surface area contributed by atoms with Crippen LogP contribution in [-0.4, -0.2) is 30.4 Å². The Morgan fingerprint density at radius 3 is 2.56 bits per heavy atom. The first-order valence-corrected chi connectivity index (χ1v) is 5.98. The maximum atomic E-state index is 12.2. The molecule has 0 spiro atoms. The highest BCUT2D eigenvalue weighted by Gasteiger charge is 2.23. The second kappa shape index (κ2) is 5.82. The minimum atomic E-state index is -0.461. The minimum Gasteiger partial charge on any atom is -0.430 e. The summed E-state index contributed by atoms with van der Waals surface area (Å²) in [6.07, 6.45) is 1.20. The topological polar surface area (TPSA) is 76.5 Å². The molecule has 1 aromatic heterocycles. The second-order valence-electron chi connectivity index (χ2n) is 5.03. The summed E-state index contributed by atoms with van der Waals surface area (Å²) in [4.78, 5) is 24.8. The van der Waals surface area contributed by atoms with E-state index in [9.17, 15) is 9.59 Å². The van der Waals surface area contributed by atoms with Crippen LogP contribution in [0, 0.1) is 5.41 Å². The van der Waals surface area contributed by atoms with E-state index in [2.05, 4.69) is 0 Å². The molecule has 1 rings (SSSR count). The minimum absolute atomic E-state index is 0.138. The van der Waals surface area contributed by atoms with Crippen LogP contribution in [0.4, 0.5) is 0 Å². The van der Waals surface area contributed by atoms with Gasteiger partial charge in [-0.25, -0.2) is 4.79 Å². The van der Waals surface area contributed by atoms with Crippen LogP contribution in [0.5, 0.6) is 0 Å². The molecule has 100 valence electrons. The fourth-order valence-electron chi connectivity index (χ4n) is 1.57. The molecule has 0 aliphatic heterocycles. The van der Waals surface area contributed by atoms with Gasteiger partial charge in [0.1, 0.15) is 6.26 Å². The molecule has 0 unspecified atom stereocenters. The molecule has 0 aromatic carbocycles. The lowest BCUT2D eigenvalue weighted by atomic mass is 9.93. The summed E-state index contributed by atoms with van der Waals surface area (Å²) in [5, 5.41) is 0. The predicted molar refractivity (Wildman–Crippen MR) is 69.4 cm³/mol. The van der Waals surface area contributed by atoms with Gasteiger partial charge in [-0.1, -0.05) is 13.8 Å². The molecule has 0 atom stereocenters. The molecule has 0 saturated heterocycles. The Kier molecular flexibility index (Phi) is 4.67. The Morgan fingerprint density at radius 1 is 1.44 bits per heavy atom. The van der Waals surface area contributed by atoms with Gasteiger partial charge in [-0.15, -0.1) is 0 Å². The van der Waals surface area contributed by atoms with Crippen molar-refractivity contribution in [2.24, 2.45) is 11.1 Å². The first-order chi connectivity index (χ1) is 8.39. The quantitative estimate of drug-likeness (QED) is 0.851. The molecular formula is C13H20N2O3. The average molecular weight is 252 g/mol. The van der Waals surface area contributed by atoms with Crippen molar-refractivity contribution >= 4 is 5.91 Å². The fraction of sp³-hybridized carbons (Fsp3) is 0.538. The second-order valence-corrected chi connectivity index (χ2v) is 5.03. The number of carbonyl (C=O) groups is 1. The molecule has 2 N–H and O–H groups in total. The molecule has 0 bridgehead atoms. The summed E-state index contributed by atoms with van der Waals surface area (Å²) in [5.74, 6) is -0.150. The van der Waals surface area contributed by atoms with Gasteiger partial charge in [0.25, 0.3) is 5.91 Å². The third-order valence-electron chi connectivity index (χ3n) is 2.79. The highest BCUT2D eigenvalue weighted by Crippen LogP contribution is 2.16. The van der Waals surface area contributed by atoms with Gasteiger partial charge in [0.2, 0.25) is 0 Å². The lowest BCUT2D eigenvalue weighted by Crippen LogP contribution is -2.42. The first-order valence-electron chi connectivity index (χ1n) is 5.98. The van der Waals surface area contributed by atoms with E-state index >= 15 is 0 Å². The van der Waals surface area contributed by atoms with Gasteiger partial charge in [0.05, 0.1) is 5.56 Å². The van der Waals surface area contributed by atoms with Gasteiger partial charge >= 0.3 is 5.63 Å². The van der Waals surface area contributed by atoms with E-state index in [0.29, 0.717) is 25.2 Å². The third-order valence-corrected chi connectivity index (χ3v) is 2.79. The molecule has 0 aliphatic carbocycles. The van der Waals surface area contributed by atoms with Crippen LogP contribution in [0.15, 0.2) is 27.6 Å². The van der Waals surface area contributed by atoms with E-state index in [0.717, 1.165) is 0 Å². The van der Waals surface area contributed by atoms with E-state index in [4.69, 9.17) is 10.2 Å². The van der Waals surface area contributed by atoms with Crippen LogP contribution in [0.3, 0.4) is 0 Å². The lowest BCUT2D eigenvalue weighted by Gasteiger charge is -2.31. The van der Waals surface area contributed by atoms with Crippen LogP contribution >= 0.6 is 0 Å². The SMILES string of the molecule is CCN(CC(C)(C)CN)C(=O)c1ccc(=O)oc1. The van der Waals surface area contributed by atoms with Gasteiger partial charge < -0.3 is 15.1 Å². The molecule has 1 heterocycles. The molecule has 0 fully saturated rings. The van der Waals surface area contributed by atoms with Crippen molar-refractivity contribution in [1.82, 2.24) is 4.90 Å². The number of nitrogens with zero attached hydrogens (tertiary/aromatic N) is 1. The van der Waals surface area contributed by atoms with Crippen molar-refractivity contribution < 1.29 is 9.21 Å². The summed E-state index contributed by atoms with van der Waals surface area (Å²) >= 11 is 0. The number of hydrogen-bond donors (Lipinski definition) is 1. The largest absolute Gasteiger partial charge is 0.430 e. The van der Waals surface area contributed by atoms with Gasteiger partial charge in [-0.3, -0.25) is 4.79 Å². The molecule has 0 aliphatic rings. The molecule has 5 nitrogen and oxygen atoms in total. The number of carbonyl (C=O) groups excluding carboxylic acids is 1. The zero-order valence-corrected chi connectivity index (χ0v) is 11.1. The molecule has 18 heavy (non-hydrogen) atoms. The maximum Gasteiger partial charge on any atom is 0.335 e. The van der Waals surface area contributed by atoms with Gasteiger partial charge in [-0.05, 0) is 24.9 Å². The highest BCUT2D eigenvalue weighted by atomic mass is 16.4. The number of rotatable bonds is 5. The summed E-state index contributed by atoms with van der Waals surface area (Å²) in [6, 6.07) is 2.72. The Morgan fingerprint density at radius 2 is 2.11 bits per heavy atom. The van der Waals surface area contributed by atoms with Crippen molar-refractivity contribution in [2.75, 3.05) is 19.6 Å². The van der Waals surface area contributed by atoms with Gasteiger partial charge in [-0.2, -0.15) is 0 Å². The first kappa shape index (κ1) is 14.4. The van der Waals surface area contributed by atoms with Crippen LogP contribution in [0.25, 0.3) is 0 Å². The zero-order chi connectivity index (χ0) is 13.8. The molecule has 1 aromatic rings. The van der Waals surface area contributed by atoms with Crippen molar-refractivity contribution in [3.05, 3.63) is 34.4 Å². The van der Waals surface area contributed by atoms with Gasteiger partial charge in [0, 0.05) is 19.2 Å². The molecular weight excluding hydrogens is 232 g/mol. The Bertz CT molecular complexity index is 445. The van der Waals surface area contributed by atoms with Crippen LogP contribution in [0.2, 0.25) is 0 Å². The maximum absolute atomic E-state index is 12.2. The Hall–Kier alpha value is -1.62. The van der Waals surface area contributed by atoms with Crippen molar-refractivity contribution in [1.29, 1.82) is 0 Å². The Balaban J connectivity index is 2.86. The summed E-state index contributed by atoms with van der Waals surface area (Å²) < 4.78 is 4.70. The molecule has 1 amide bonds. The highest BCUT2D eigenvalue weighted by molar-refractivity contribution is 5.93. The average Bonchev–Trinajstić information content (AvgIpc) is 2.36. The van der Waals surface area contributed by atoms with Crippen molar-refractivity contribution in [3.63, 3.8) is 0 Å². The number of nitrogens with two attached hydrogens (primary N) is 1. The summed E-state index contributed by atoms with van der Waals surface area (Å²) in [7, 11) is 0. The van der Waals surface area contributed by atoms with E-state index in [1.807, 2.05) is 20.8 Å². The number of hydrogen-bond acceptors (Lipinski definition) is 4. The zero-order valence-electron chi connectivity index (χ0n) is 11.1. The number of amides is 1. The molecule has 0 saturated carbocycles. The van der Waals surface area contributed by atoms with Crippen molar-refractivity contribution in [3.8, 4) is 0 Å². The normalized spacial score (nSPS) is 11.3. The van der Waals surface area contributed by atoms with E-state index in [1.54, 1.807) is 4.90 Å². The van der Waals surface area contributed by atoms with Crippen LogP contribution in [-0.2, 0) is 0 Å². The predicted octanol–water partition coefficient (Wildman–Crippen LogP) is 1.09. The fourth-order valence-corrected chi connectivity index (χ4v) is 1.57. The van der Waals surface area contributed by atoms with Gasteiger partial charge in [0.15, 0.2) is 0 Å². The van der Waals surface area contributed by atoms with Crippen LogP contribution < -0.4 is 11.4 Å². The summed E-state index contributed by atoms with van der Waals surface area (Å²) in [6.45, 7) is 7.58. The van der Waals surface area contributed by atoms with Crippen molar-refractivity contribution in [2.45, 2.75) is 20.8 Å². The van der Waals surface area contributed by atoms with Crippen LogP contribution in [0.1, 0.15) is 31.1 Å². The lowest BCUT2D eigenvalue weighted by molar-refractivity contribution is 0.0698. The molecule has 0 radical (unpaired) electrons. The smallest absolute Gasteiger partial charge is 0.335 e. The third kappa shape index (κ3) is 3.70. The standard InChI is InChI=1S/C13H20N2O3/c1-4-15(9-13(2,3)8-14)12(17)10-5-6-11(16)18-7-10/h5-7H,4,8-9,14H2,1-3H3. The van der Waals surface area contributed by atoms with E-state index in [-0.39, 0.29) is 11.3 Å². The summed E-state index contributed by atoms with van der Waals surface area (Å²) in [5.41, 5.74) is 5.45.